The standard InChI is InChI=1S/C15H22N2O/c1-16-13-14-7-3-4-8-15(14)18-12-11-17-9-5-2-6-10-17/h2-5,7-8,16H,6,9-13H2,1H3. The highest BCUT2D eigenvalue weighted by Gasteiger charge is 2.06. The average Bonchev–Trinajstić information content (AvgIpc) is 2.42. The molecule has 0 saturated carbocycles. The number of ether oxygens (including phenoxy) is 1. The molecule has 0 unspecified atom stereocenters. The molecule has 0 amide bonds. The Balaban J connectivity index is 1.80. The fraction of sp³-hybridized carbons (Fsp3) is 0.467. The van der Waals surface area contributed by atoms with E-state index in [0.717, 1.165) is 45.0 Å². The Morgan fingerprint density at radius 3 is 2.94 bits per heavy atom. The van der Waals surface area contributed by atoms with Gasteiger partial charge in [-0.05, 0) is 19.5 Å². The van der Waals surface area contributed by atoms with Crippen LogP contribution in [0.3, 0.4) is 0 Å². The van der Waals surface area contributed by atoms with Crippen LogP contribution in [-0.2, 0) is 6.54 Å². The smallest absolute Gasteiger partial charge is 0.123 e. The highest BCUT2D eigenvalue weighted by Crippen LogP contribution is 2.17. The average molecular weight is 246 g/mol. The van der Waals surface area contributed by atoms with Crippen LogP contribution in [0.4, 0.5) is 0 Å². The van der Waals surface area contributed by atoms with Gasteiger partial charge in [-0.2, -0.15) is 0 Å². The minimum atomic E-state index is 0.758. The molecular weight excluding hydrogens is 224 g/mol. The van der Waals surface area contributed by atoms with Crippen molar-refractivity contribution in [3.05, 3.63) is 42.0 Å². The van der Waals surface area contributed by atoms with Crippen LogP contribution in [0.2, 0.25) is 0 Å². The summed E-state index contributed by atoms with van der Waals surface area (Å²) in [5, 5.41) is 3.16. The number of hydrogen-bond acceptors (Lipinski definition) is 3. The van der Waals surface area contributed by atoms with E-state index in [0.29, 0.717) is 0 Å². The van der Waals surface area contributed by atoms with Gasteiger partial charge in [0.25, 0.3) is 0 Å². The molecule has 3 heteroatoms. The summed E-state index contributed by atoms with van der Waals surface area (Å²) in [7, 11) is 1.96. The number of rotatable bonds is 6. The molecule has 18 heavy (non-hydrogen) atoms. The maximum Gasteiger partial charge on any atom is 0.123 e. The van der Waals surface area contributed by atoms with Crippen LogP contribution in [0.5, 0.6) is 5.75 Å². The summed E-state index contributed by atoms with van der Waals surface area (Å²) in [5.41, 5.74) is 1.22. The second-order valence-electron chi connectivity index (χ2n) is 4.55. The molecule has 3 nitrogen and oxygen atoms in total. The van der Waals surface area contributed by atoms with E-state index in [1.807, 2.05) is 19.2 Å². The van der Waals surface area contributed by atoms with Gasteiger partial charge in [0.1, 0.15) is 12.4 Å². The first-order valence-corrected chi connectivity index (χ1v) is 6.63. The summed E-state index contributed by atoms with van der Waals surface area (Å²) in [5.74, 6) is 0.999. The van der Waals surface area contributed by atoms with E-state index in [-0.39, 0.29) is 0 Å². The molecular formula is C15H22N2O. The summed E-state index contributed by atoms with van der Waals surface area (Å²) in [6, 6.07) is 8.23. The molecule has 0 fully saturated rings. The lowest BCUT2D eigenvalue weighted by Crippen LogP contribution is -2.31. The van der Waals surface area contributed by atoms with Crippen LogP contribution in [0.1, 0.15) is 12.0 Å². The normalized spacial score (nSPS) is 15.8. The van der Waals surface area contributed by atoms with Gasteiger partial charge in [-0.3, -0.25) is 4.90 Å². The third-order valence-electron chi connectivity index (χ3n) is 3.15. The van der Waals surface area contributed by atoms with E-state index in [9.17, 15) is 0 Å². The second kappa shape index (κ2) is 7.19. The summed E-state index contributed by atoms with van der Waals surface area (Å²) in [6.07, 6.45) is 5.65. The first-order chi connectivity index (χ1) is 8.90. The molecule has 0 spiro atoms. The van der Waals surface area contributed by atoms with Crippen LogP contribution in [0.25, 0.3) is 0 Å². The van der Waals surface area contributed by atoms with Crippen LogP contribution in [-0.4, -0.2) is 38.2 Å². The van der Waals surface area contributed by atoms with Crippen LogP contribution >= 0.6 is 0 Å². The SMILES string of the molecule is CNCc1ccccc1OCCN1CC=CCC1. The Morgan fingerprint density at radius 2 is 2.17 bits per heavy atom. The fourth-order valence-corrected chi connectivity index (χ4v) is 2.16. The monoisotopic (exact) mass is 246 g/mol. The minimum Gasteiger partial charge on any atom is -0.492 e. The third kappa shape index (κ3) is 3.86. The Kier molecular flexibility index (Phi) is 5.24. The topological polar surface area (TPSA) is 24.5 Å². The van der Waals surface area contributed by atoms with Gasteiger partial charge in [0.15, 0.2) is 0 Å². The molecule has 98 valence electrons. The van der Waals surface area contributed by atoms with Crippen molar-refractivity contribution in [3.63, 3.8) is 0 Å². The number of nitrogens with zero attached hydrogens (tertiary/aromatic N) is 1. The predicted octanol–water partition coefficient (Wildman–Crippen LogP) is 2.05. The van der Waals surface area contributed by atoms with E-state index in [1.54, 1.807) is 0 Å². The molecule has 2 rings (SSSR count). The van der Waals surface area contributed by atoms with Crippen molar-refractivity contribution in [3.8, 4) is 5.75 Å². The van der Waals surface area contributed by atoms with Crippen molar-refractivity contribution in [2.24, 2.45) is 0 Å². The van der Waals surface area contributed by atoms with Crippen molar-refractivity contribution < 1.29 is 4.74 Å². The van der Waals surface area contributed by atoms with Crippen LogP contribution < -0.4 is 10.1 Å². The van der Waals surface area contributed by atoms with E-state index < -0.39 is 0 Å². The quantitative estimate of drug-likeness (QED) is 0.777. The lowest BCUT2D eigenvalue weighted by Gasteiger charge is -2.23. The third-order valence-corrected chi connectivity index (χ3v) is 3.15. The van der Waals surface area contributed by atoms with Gasteiger partial charge in [0.2, 0.25) is 0 Å². The van der Waals surface area contributed by atoms with Gasteiger partial charge in [0, 0.05) is 31.7 Å². The minimum absolute atomic E-state index is 0.758. The van der Waals surface area contributed by atoms with Gasteiger partial charge in [0.05, 0.1) is 0 Å². The molecule has 1 heterocycles. The van der Waals surface area contributed by atoms with Crippen molar-refractivity contribution in [2.75, 3.05) is 33.3 Å². The fourth-order valence-electron chi connectivity index (χ4n) is 2.16. The molecule has 0 bridgehead atoms. The first kappa shape index (κ1) is 13.1. The molecule has 0 radical (unpaired) electrons. The highest BCUT2D eigenvalue weighted by molar-refractivity contribution is 5.33. The van der Waals surface area contributed by atoms with E-state index in [1.165, 1.54) is 5.56 Å². The molecule has 0 aromatic heterocycles. The van der Waals surface area contributed by atoms with Crippen molar-refractivity contribution in [1.29, 1.82) is 0 Å². The molecule has 1 aromatic carbocycles. The van der Waals surface area contributed by atoms with Crippen LogP contribution in [0, 0.1) is 0 Å². The van der Waals surface area contributed by atoms with E-state index in [4.69, 9.17) is 4.74 Å². The number of hydrogen-bond donors (Lipinski definition) is 1. The second-order valence-corrected chi connectivity index (χ2v) is 4.55. The zero-order chi connectivity index (χ0) is 12.6. The molecule has 1 aliphatic heterocycles. The summed E-state index contributed by atoms with van der Waals surface area (Å²) < 4.78 is 5.89. The Bertz CT molecular complexity index is 390. The molecule has 1 N–H and O–H groups in total. The van der Waals surface area contributed by atoms with E-state index >= 15 is 0 Å². The number of benzene rings is 1. The van der Waals surface area contributed by atoms with Crippen molar-refractivity contribution in [2.45, 2.75) is 13.0 Å². The Labute approximate surface area is 109 Å². The van der Waals surface area contributed by atoms with Gasteiger partial charge in [-0.25, -0.2) is 0 Å². The van der Waals surface area contributed by atoms with Crippen molar-refractivity contribution >= 4 is 0 Å². The molecule has 1 aromatic rings. The molecule has 0 atom stereocenters. The predicted molar refractivity (Wildman–Crippen MR) is 74.9 cm³/mol. The first-order valence-electron chi connectivity index (χ1n) is 6.63. The Morgan fingerprint density at radius 1 is 1.28 bits per heavy atom. The van der Waals surface area contributed by atoms with Gasteiger partial charge in [-0.15, -0.1) is 0 Å². The highest BCUT2D eigenvalue weighted by atomic mass is 16.5. The Hall–Kier alpha value is -1.32. The number of para-hydroxylation sites is 1. The maximum absolute atomic E-state index is 5.89. The molecule has 0 aliphatic carbocycles. The number of nitrogens with one attached hydrogen (secondary N) is 1. The molecule has 1 aliphatic rings. The lowest BCUT2D eigenvalue weighted by molar-refractivity contribution is 0.219. The summed E-state index contributed by atoms with van der Waals surface area (Å²) in [4.78, 5) is 2.42. The zero-order valence-corrected chi connectivity index (χ0v) is 11.1. The summed E-state index contributed by atoms with van der Waals surface area (Å²) in [6.45, 7) is 4.81. The van der Waals surface area contributed by atoms with Gasteiger partial charge >= 0.3 is 0 Å². The largest absolute Gasteiger partial charge is 0.492 e. The zero-order valence-electron chi connectivity index (χ0n) is 11.1. The lowest BCUT2D eigenvalue weighted by atomic mass is 10.2. The maximum atomic E-state index is 5.89. The van der Waals surface area contributed by atoms with Crippen LogP contribution in [0.15, 0.2) is 36.4 Å². The van der Waals surface area contributed by atoms with Gasteiger partial charge < -0.3 is 10.1 Å². The van der Waals surface area contributed by atoms with E-state index in [2.05, 4.69) is 34.5 Å². The summed E-state index contributed by atoms with van der Waals surface area (Å²) >= 11 is 0. The van der Waals surface area contributed by atoms with Gasteiger partial charge in [-0.1, -0.05) is 30.4 Å². The van der Waals surface area contributed by atoms with Crippen molar-refractivity contribution in [1.82, 2.24) is 10.2 Å². The molecule has 0 saturated heterocycles.